The smallest absolute Gasteiger partial charge is 0.0696 e. The molecule has 0 amide bonds. The maximum Gasteiger partial charge on any atom is 0.0696 e. The van der Waals surface area contributed by atoms with Crippen LogP contribution in [0.3, 0.4) is 0 Å². The highest BCUT2D eigenvalue weighted by Gasteiger charge is 2.04. The molecule has 15 heavy (non-hydrogen) atoms. The highest BCUT2D eigenvalue weighted by atomic mass is 35.5. The van der Waals surface area contributed by atoms with Crippen LogP contribution in [0.15, 0.2) is 18.2 Å². The predicted octanol–water partition coefficient (Wildman–Crippen LogP) is 3.07. The minimum Gasteiger partial charge on any atom is -0.392 e. The summed E-state index contributed by atoms with van der Waals surface area (Å²) in [7, 11) is 2.06. The summed E-state index contributed by atoms with van der Waals surface area (Å²) < 4.78 is 0. The van der Waals surface area contributed by atoms with E-state index in [2.05, 4.69) is 18.9 Å². The Morgan fingerprint density at radius 3 is 2.67 bits per heavy atom. The summed E-state index contributed by atoms with van der Waals surface area (Å²) in [5.41, 5.74) is 1.88. The predicted molar refractivity (Wildman–Crippen MR) is 65.6 cm³/mol. The molecule has 1 rings (SSSR count). The summed E-state index contributed by atoms with van der Waals surface area (Å²) >= 11 is 6.02. The molecule has 0 aliphatic heterocycles. The lowest BCUT2D eigenvalue weighted by Gasteiger charge is -2.19. The minimum atomic E-state index is -0.00219. The molecule has 0 spiro atoms. The number of halogens is 1. The fourth-order valence-corrected chi connectivity index (χ4v) is 1.66. The molecule has 0 fully saturated rings. The van der Waals surface area contributed by atoms with E-state index in [9.17, 15) is 0 Å². The van der Waals surface area contributed by atoms with E-state index in [-0.39, 0.29) is 6.61 Å². The average Bonchev–Trinajstić information content (AvgIpc) is 2.25. The van der Waals surface area contributed by atoms with Crippen LogP contribution in [0.4, 0.5) is 5.69 Å². The molecule has 1 N–H and O–H groups in total. The van der Waals surface area contributed by atoms with Crippen molar-refractivity contribution < 1.29 is 5.11 Å². The third kappa shape index (κ3) is 3.40. The van der Waals surface area contributed by atoms with Gasteiger partial charge in [-0.1, -0.05) is 31.0 Å². The molecule has 0 bridgehead atoms. The van der Waals surface area contributed by atoms with Crippen molar-refractivity contribution in [2.45, 2.75) is 26.4 Å². The Labute approximate surface area is 96.5 Å². The molecule has 2 nitrogen and oxygen atoms in total. The summed E-state index contributed by atoms with van der Waals surface area (Å²) in [6, 6.07) is 5.77. The minimum absolute atomic E-state index is 0.00219. The van der Waals surface area contributed by atoms with Gasteiger partial charge in [0.2, 0.25) is 0 Å². The Hall–Kier alpha value is -0.730. The maximum atomic E-state index is 8.99. The van der Waals surface area contributed by atoms with E-state index in [4.69, 9.17) is 16.7 Å². The van der Waals surface area contributed by atoms with Crippen LogP contribution in [0, 0.1) is 0 Å². The summed E-state index contributed by atoms with van der Waals surface area (Å²) in [5, 5.41) is 9.63. The van der Waals surface area contributed by atoms with Crippen LogP contribution in [-0.2, 0) is 6.61 Å². The lowest BCUT2D eigenvalue weighted by Crippen LogP contribution is -2.18. The van der Waals surface area contributed by atoms with Crippen LogP contribution >= 0.6 is 11.6 Å². The van der Waals surface area contributed by atoms with Gasteiger partial charge in [-0.3, -0.25) is 0 Å². The molecule has 0 heterocycles. The van der Waals surface area contributed by atoms with Crippen LogP contribution in [0.2, 0.25) is 5.02 Å². The van der Waals surface area contributed by atoms with Crippen molar-refractivity contribution in [3.63, 3.8) is 0 Å². The molecule has 0 aliphatic rings. The first kappa shape index (κ1) is 12.3. The van der Waals surface area contributed by atoms with E-state index in [1.807, 2.05) is 18.2 Å². The molecule has 0 aromatic heterocycles. The summed E-state index contributed by atoms with van der Waals surface area (Å²) in [4.78, 5) is 2.18. The third-order valence-electron chi connectivity index (χ3n) is 2.49. The second kappa shape index (κ2) is 5.99. The molecule has 0 aliphatic carbocycles. The number of aliphatic hydroxyl groups excluding tert-OH is 1. The third-order valence-corrected chi connectivity index (χ3v) is 2.85. The zero-order valence-electron chi connectivity index (χ0n) is 9.33. The molecular formula is C12H18ClNO. The number of nitrogens with zero attached hydrogens (tertiary/aromatic N) is 1. The van der Waals surface area contributed by atoms with Crippen molar-refractivity contribution in [3.05, 3.63) is 28.8 Å². The van der Waals surface area contributed by atoms with Crippen molar-refractivity contribution in [1.29, 1.82) is 0 Å². The molecule has 1 aromatic carbocycles. The van der Waals surface area contributed by atoms with E-state index >= 15 is 0 Å². The summed E-state index contributed by atoms with van der Waals surface area (Å²) in [5.74, 6) is 0. The molecule has 3 heteroatoms. The van der Waals surface area contributed by atoms with Gasteiger partial charge in [0.25, 0.3) is 0 Å². The first-order chi connectivity index (χ1) is 7.19. The molecular weight excluding hydrogens is 210 g/mol. The SMILES string of the molecule is CCCCN(C)c1ccc(CO)c(Cl)c1. The fourth-order valence-electron chi connectivity index (χ4n) is 1.43. The monoisotopic (exact) mass is 227 g/mol. The number of unbranched alkanes of at least 4 members (excludes halogenated alkanes) is 1. The van der Waals surface area contributed by atoms with Crippen LogP contribution in [-0.4, -0.2) is 18.7 Å². The van der Waals surface area contributed by atoms with Gasteiger partial charge in [0, 0.05) is 24.3 Å². The fraction of sp³-hybridized carbons (Fsp3) is 0.500. The normalized spacial score (nSPS) is 10.4. The lowest BCUT2D eigenvalue weighted by atomic mass is 10.2. The van der Waals surface area contributed by atoms with Gasteiger partial charge in [0.15, 0.2) is 0 Å². The Morgan fingerprint density at radius 1 is 1.40 bits per heavy atom. The molecule has 0 saturated heterocycles. The topological polar surface area (TPSA) is 23.5 Å². The number of benzene rings is 1. The van der Waals surface area contributed by atoms with E-state index in [1.165, 1.54) is 12.8 Å². The molecule has 0 radical (unpaired) electrons. The highest BCUT2D eigenvalue weighted by molar-refractivity contribution is 6.31. The largest absolute Gasteiger partial charge is 0.392 e. The van der Waals surface area contributed by atoms with Crippen LogP contribution in [0.25, 0.3) is 0 Å². The molecule has 0 atom stereocenters. The van der Waals surface area contributed by atoms with Crippen molar-refractivity contribution in [2.75, 3.05) is 18.5 Å². The Kier molecular flexibility index (Phi) is 4.92. The molecule has 1 aromatic rings. The van der Waals surface area contributed by atoms with E-state index in [1.54, 1.807) is 0 Å². The quantitative estimate of drug-likeness (QED) is 0.836. The second-order valence-electron chi connectivity index (χ2n) is 3.71. The van der Waals surface area contributed by atoms with Crippen LogP contribution in [0.1, 0.15) is 25.3 Å². The number of anilines is 1. The van der Waals surface area contributed by atoms with Crippen molar-refractivity contribution >= 4 is 17.3 Å². The lowest BCUT2D eigenvalue weighted by molar-refractivity contribution is 0.282. The van der Waals surface area contributed by atoms with Gasteiger partial charge >= 0.3 is 0 Å². The highest BCUT2D eigenvalue weighted by Crippen LogP contribution is 2.23. The number of rotatable bonds is 5. The van der Waals surface area contributed by atoms with E-state index in [0.29, 0.717) is 5.02 Å². The van der Waals surface area contributed by atoms with Gasteiger partial charge in [-0.05, 0) is 24.1 Å². The first-order valence-electron chi connectivity index (χ1n) is 5.29. The van der Waals surface area contributed by atoms with Crippen molar-refractivity contribution in [2.24, 2.45) is 0 Å². The maximum absolute atomic E-state index is 8.99. The van der Waals surface area contributed by atoms with E-state index < -0.39 is 0 Å². The van der Waals surface area contributed by atoms with Crippen molar-refractivity contribution in [1.82, 2.24) is 0 Å². The molecule has 84 valence electrons. The van der Waals surface area contributed by atoms with Gasteiger partial charge in [-0.15, -0.1) is 0 Å². The standard InChI is InChI=1S/C12H18ClNO/c1-3-4-7-14(2)11-6-5-10(9-15)12(13)8-11/h5-6,8,15H,3-4,7,9H2,1-2H3. The van der Waals surface area contributed by atoms with Crippen LogP contribution < -0.4 is 4.90 Å². The number of aliphatic hydroxyl groups is 1. The first-order valence-corrected chi connectivity index (χ1v) is 5.67. The van der Waals surface area contributed by atoms with Crippen molar-refractivity contribution in [3.8, 4) is 0 Å². The number of hydrogen-bond acceptors (Lipinski definition) is 2. The number of hydrogen-bond donors (Lipinski definition) is 1. The zero-order valence-corrected chi connectivity index (χ0v) is 10.1. The van der Waals surface area contributed by atoms with Crippen LogP contribution in [0.5, 0.6) is 0 Å². The van der Waals surface area contributed by atoms with E-state index in [0.717, 1.165) is 17.8 Å². The Morgan fingerprint density at radius 2 is 2.13 bits per heavy atom. The zero-order chi connectivity index (χ0) is 11.3. The molecule has 0 unspecified atom stereocenters. The van der Waals surface area contributed by atoms with Gasteiger partial charge in [-0.2, -0.15) is 0 Å². The molecule has 0 saturated carbocycles. The average molecular weight is 228 g/mol. The van der Waals surface area contributed by atoms with Gasteiger partial charge in [0.05, 0.1) is 6.61 Å². The Bertz CT molecular complexity index is 314. The van der Waals surface area contributed by atoms with Gasteiger partial charge in [0.1, 0.15) is 0 Å². The van der Waals surface area contributed by atoms with Gasteiger partial charge < -0.3 is 10.0 Å². The Balaban J connectivity index is 2.73. The second-order valence-corrected chi connectivity index (χ2v) is 4.12. The summed E-state index contributed by atoms with van der Waals surface area (Å²) in [6.07, 6.45) is 2.36. The summed E-state index contributed by atoms with van der Waals surface area (Å²) in [6.45, 7) is 3.21. The van der Waals surface area contributed by atoms with Gasteiger partial charge in [-0.25, -0.2) is 0 Å².